The molecule has 3 nitrogen and oxygen atoms in total. The summed E-state index contributed by atoms with van der Waals surface area (Å²) in [5, 5.41) is 4.66. The van der Waals surface area contributed by atoms with Crippen LogP contribution in [0, 0.1) is 0 Å². The molecule has 1 aliphatic carbocycles. The summed E-state index contributed by atoms with van der Waals surface area (Å²) < 4.78 is 0. The van der Waals surface area contributed by atoms with Crippen LogP contribution in [0.2, 0.25) is 0 Å². The fraction of sp³-hybridized carbons (Fsp3) is 0.0625. The van der Waals surface area contributed by atoms with Gasteiger partial charge in [-0.15, -0.1) is 0 Å². The molecule has 0 radical (unpaired) electrons. The van der Waals surface area contributed by atoms with E-state index in [4.69, 9.17) is 15.0 Å². The van der Waals surface area contributed by atoms with Gasteiger partial charge in [-0.25, -0.2) is 15.0 Å². The zero-order chi connectivity index (χ0) is 34.1. The Bertz CT molecular complexity index is 2800. The SMILES string of the molecule is CC1(C)c2ccccc2-c2c1ccc1c(-c3ccc(-c4nc(-c5ccc(-c6ccccc6)cc5)c5ccccc5n4)cc3)nc3ccccc3c21. The minimum atomic E-state index is -0.0745. The van der Waals surface area contributed by atoms with Gasteiger partial charge in [0.15, 0.2) is 5.82 Å². The number of nitrogens with zero attached hydrogens (tertiary/aromatic N) is 3. The van der Waals surface area contributed by atoms with Gasteiger partial charge in [-0.05, 0) is 45.5 Å². The van der Waals surface area contributed by atoms with Gasteiger partial charge in [-0.1, -0.05) is 166 Å². The van der Waals surface area contributed by atoms with Gasteiger partial charge < -0.3 is 0 Å². The number of rotatable bonds is 4. The maximum Gasteiger partial charge on any atom is 0.160 e. The highest BCUT2D eigenvalue weighted by atomic mass is 14.9. The van der Waals surface area contributed by atoms with E-state index in [1.807, 2.05) is 12.1 Å². The topological polar surface area (TPSA) is 38.7 Å². The first-order chi connectivity index (χ1) is 25.0. The molecule has 0 amide bonds. The summed E-state index contributed by atoms with van der Waals surface area (Å²) in [6, 6.07) is 58.1. The maximum atomic E-state index is 5.29. The highest BCUT2D eigenvalue weighted by Crippen LogP contribution is 2.53. The number of pyridine rings is 1. The third kappa shape index (κ3) is 4.62. The summed E-state index contributed by atoms with van der Waals surface area (Å²) in [4.78, 5) is 15.5. The molecule has 240 valence electrons. The lowest BCUT2D eigenvalue weighted by atomic mass is 9.82. The molecule has 0 fully saturated rings. The van der Waals surface area contributed by atoms with Crippen LogP contribution in [0.1, 0.15) is 25.0 Å². The zero-order valence-electron chi connectivity index (χ0n) is 28.4. The average molecular weight is 652 g/mol. The van der Waals surface area contributed by atoms with Crippen molar-refractivity contribution in [2.24, 2.45) is 0 Å². The molecule has 51 heavy (non-hydrogen) atoms. The van der Waals surface area contributed by atoms with E-state index >= 15 is 0 Å². The lowest BCUT2D eigenvalue weighted by Gasteiger charge is -2.22. The van der Waals surface area contributed by atoms with Crippen LogP contribution in [-0.2, 0) is 5.41 Å². The maximum absolute atomic E-state index is 5.29. The quantitative estimate of drug-likeness (QED) is 0.178. The van der Waals surface area contributed by atoms with Crippen molar-refractivity contribution in [3.63, 3.8) is 0 Å². The standard InChI is InChI=1S/C48H33N3/c1-48(2)39-17-9-6-14-35(39)44-40(48)29-28-38-43(44)36-15-7-10-18-41(36)49-46(38)33-24-26-34(27-25-33)47-50-42-19-11-8-16-37(42)45(51-47)32-22-20-31(21-23-32)30-12-4-3-5-13-30/h3-29H,1-2H3. The van der Waals surface area contributed by atoms with Gasteiger partial charge in [-0.3, -0.25) is 0 Å². The van der Waals surface area contributed by atoms with E-state index in [0.29, 0.717) is 5.82 Å². The molecule has 10 rings (SSSR count). The monoisotopic (exact) mass is 651 g/mol. The normalized spacial score (nSPS) is 13.1. The molecular weight excluding hydrogens is 619 g/mol. The molecule has 3 heteroatoms. The van der Waals surface area contributed by atoms with E-state index in [2.05, 4.69) is 166 Å². The van der Waals surface area contributed by atoms with Crippen molar-refractivity contribution in [3.05, 3.63) is 175 Å². The van der Waals surface area contributed by atoms with E-state index in [9.17, 15) is 0 Å². The van der Waals surface area contributed by atoms with Gasteiger partial charge in [0.25, 0.3) is 0 Å². The molecule has 9 aromatic rings. The minimum Gasteiger partial charge on any atom is -0.247 e. The Hall–Kier alpha value is -6.45. The van der Waals surface area contributed by atoms with Crippen molar-refractivity contribution >= 4 is 32.6 Å². The van der Waals surface area contributed by atoms with E-state index in [1.165, 1.54) is 44.2 Å². The van der Waals surface area contributed by atoms with Gasteiger partial charge in [0.2, 0.25) is 0 Å². The number of benzene rings is 7. The summed E-state index contributed by atoms with van der Waals surface area (Å²) >= 11 is 0. The lowest BCUT2D eigenvalue weighted by molar-refractivity contribution is 0.661. The highest BCUT2D eigenvalue weighted by Gasteiger charge is 2.36. The van der Waals surface area contributed by atoms with Gasteiger partial charge in [0.1, 0.15) is 0 Å². The Morgan fingerprint density at radius 3 is 1.67 bits per heavy atom. The van der Waals surface area contributed by atoms with Crippen LogP contribution in [0.4, 0.5) is 0 Å². The molecule has 1 aliphatic rings. The number of fused-ring (bicyclic) bond motifs is 8. The van der Waals surface area contributed by atoms with Crippen LogP contribution >= 0.6 is 0 Å². The molecule has 0 N–H and O–H groups in total. The second-order valence-corrected chi connectivity index (χ2v) is 14.0. The molecule has 2 aromatic heterocycles. The lowest BCUT2D eigenvalue weighted by Crippen LogP contribution is -2.14. The van der Waals surface area contributed by atoms with E-state index < -0.39 is 0 Å². The van der Waals surface area contributed by atoms with Crippen LogP contribution in [0.15, 0.2) is 164 Å². The van der Waals surface area contributed by atoms with Crippen LogP contribution in [0.3, 0.4) is 0 Å². The van der Waals surface area contributed by atoms with Gasteiger partial charge in [0, 0.05) is 43.7 Å². The Morgan fingerprint density at radius 2 is 0.922 bits per heavy atom. The molecule has 0 saturated carbocycles. The second-order valence-electron chi connectivity index (χ2n) is 14.0. The molecule has 0 saturated heterocycles. The summed E-state index contributed by atoms with van der Waals surface area (Å²) in [7, 11) is 0. The van der Waals surface area contributed by atoms with E-state index in [0.717, 1.165) is 49.9 Å². The van der Waals surface area contributed by atoms with Crippen molar-refractivity contribution in [3.8, 4) is 56.2 Å². The van der Waals surface area contributed by atoms with Crippen molar-refractivity contribution < 1.29 is 0 Å². The number of para-hydroxylation sites is 2. The fourth-order valence-corrected chi connectivity index (χ4v) is 8.11. The first-order valence-corrected chi connectivity index (χ1v) is 17.5. The first kappa shape index (κ1) is 29.5. The predicted molar refractivity (Wildman–Crippen MR) is 212 cm³/mol. The number of hydrogen-bond donors (Lipinski definition) is 0. The zero-order valence-corrected chi connectivity index (χ0v) is 28.4. The first-order valence-electron chi connectivity index (χ1n) is 17.5. The Balaban J connectivity index is 1.10. The molecule has 0 spiro atoms. The van der Waals surface area contributed by atoms with Gasteiger partial charge in [-0.2, -0.15) is 0 Å². The van der Waals surface area contributed by atoms with E-state index in [1.54, 1.807) is 0 Å². The van der Waals surface area contributed by atoms with Crippen molar-refractivity contribution in [1.29, 1.82) is 0 Å². The molecule has 0 atom stereocenters. The van der Waals surface area contributed by atoms with Crippen LogP contribution in [0.5, 0.6) is 0 Å². The number of hydrogen-bond acceptors (Lipinski definition) is 3. The van der Waals surface area contributed by atoms with Crippen molar-refractivity contribution in [2.45, 2.75) is 19.3 Å². The summed E-state index contributed by atoms with van der Waals surface area (Å²) in [6.45, 7) is 4.68. The summed E-state index contributed by atoms with van der Waals surface area (Å²) in [5.74, 6) is 0.704. The average Bonchev–Trinajstić information content (AvgIpc) is 3.43. The second kappa shape index (κ2) is 11.3. The van der Waals surface area contributed by atoms with Crippen LogP contribution in [0.25, 0.3) is 88.7 Å². The minimum absolute atomic E-state index is 0.0745. The smallest absolute Gasteiger partial charge is 0.160 e. The molecule has 0 aliphatic heterocycles. The molecular formula is C48H33N3. The van der Waals surface area contributed by atoms with Crippen LogP contribution in [-0.4, -0.2) is 15.0 Å². The molecule has 0 bridgehead atoms. The largest absolute Gasteiger partial charge is 0.247 e. The summed E-state index contributed by atoms with van der Waals surface area (Å²) in [6.07, 6.45) is 0. The fourth-order valence-electron chi connectivity index (χ4n) is 8.11. The van der Waals surface area contributed by atoms with Crippen molar-refractivity contribution in [1.82, 2.24) is 15.0 Å². The number of aromatic nitrogens is 3. The summed E-state index contributed by atoms with van der Waals surface area (Å²) in [5.41, 5.74) is 14.6. The van der Waals surface area contributed by atoms with Gasteiger partial charge in [0.05, 0.1) is 22.4 Å². The predicted octanol–water partition coefficient (Wildman–Crippen LogP) is 12.3. The Morgan fingerprint density at radius 1 is 0.373 bits per heavy atom. The Kier molecular flexibility index (Phi) is 6.53. The van der Waals surface area contributed by atoms with Crippen LogP contribution < -0.4 is 0 Å². The Labute approximate surface area is 297 Å². The molecule has 7 aromatic carbocycles. The third-order valence-corrected chi connectivity index (χ3v) is 10.7. The molecule has 0 unspecified atom stereocenters. The van der Waals surface area contributed by atoms with E-state index in [-0.39, 0.29) is 5.41 Å². The molecule has 2 heterocycles. The highest BCUT2D eigenvalue weighted by molar-refractivity contribution is 6.19. The van der Waals surface area contributed by atoms with Gasteiger partial charge >= 0.3 is 0 Å². The third-order valence-electron chi connectivity index (χ3n) is 10.7. The van der Waals surface area contributed by atoms with Crippen molar-refractivity contribution in [2.75, 3.05) is 0 Å².